The van der Waals surface area contributed by atoms with E-state index in [2.05, 4.69) is 26.3 Å². The third-order valence-electron chi connectivity index (χ3n) is 6.93. The van der Waals surface area contributed by atoms with Crippen molar-refractivity contribution in [2.45, 2.75) is 6.42 Å². The zero-order chi connectivity index (χ0) is 31.6. The highest BCUT2D eigenvalue weighted by Gasteiger charge is 2.17. The molecule has 2 aromatic heterocycles. The van der Waals surface area contributed by atoms with Crippen molar-refractivity contribution in [3.63, 3.8) is 0 Å². The molecule has 4 N–H and O–H groups in total. The summed E-state index contributed by atoms with van der Waals surface area (Å²) < 4.78 is 8.54. The summed E-state index contributed by atoms with van der Waals surface area (Å²) in [5.74, 6) is 0.638. The van der Waals surface area contributed by atoms with E-state index >= 15 is 0 Å². The summed E-state index contributed by atoms with van der Waals surface area (Å²) in [6, 6.07) is 18.2. The molecule has 2 heterocycles. The van der Waals surface area contributed by atoms with Gasteiger partial charge in [-0.2, -0.15) is 0 Å². The van der Waals surface area contributed by atoms with E-state index in [9.17, 15) is 14.4 Å². The molecule has 2 aromatic carbocycles. The summed E-state index contributed by atoms with van der Waals surface area (Å²) in [6.07, 6.45) is 7.85. The van der Waals surface area contributed by atoms with Crippen LogP contribution in [0.1, 0.15) is 48.9 Å². The Hall–Kier alpha value is -5.58. The van der Waals surface area contributed by atoms with E-state index < -0.39 is 0 Å². The number of ether oxygens (including phenoxy) is 1. The van der Waals surface area contributed by atoms with Gasteiger partial charge in [-0.3, -0.25) is 19.4 Å². The second-order valence-corrected chi connectivity index (χ2v) is 10.0. The molecule has 0 fully saturated rings. The van der Waals surface area contributed by atoms with E-state index in [1.165, 1.54) is 0 Å². The van der Waals surface area contributed by atoms with Gasteiger partial charge in [-0.25, -0.2) is 0 Å². The molecule has 11 heteroatoms. The Balaban J connectivity index is 1.34. The first kappa shape index (κ1) is 31.4. The lowest BCUT2D eigenvalue weighted by Crippen LogP contribution is -2.30. The Morgan fingerprint density at radius 3 is 2.05 bits per heavy atom. The number of amides is 3. The molecule has 0 atom stereocenters. The van der Waals surface area contributed by atoms with Gasteiger partial charge in [-0.05, 0) is 47.5 Å². The quantitative estimate of drug-likeness (QED) is 0.116. The van der Waals surface area contributed by atoms with Crippen LogP contribution in [0.15, 0.2) is 78.0 Å². The molecule has 4 rings (SSSR count). The van der Waals surface area contributed by atoms with Gasteiger partial charge in [0.2, 0.25) is 0 Å². The van der Waals surface area contributed by atoms with Gasteiger partial charge < -0.3 is 35.1 Å². The summed E-state index contributed by atoms with van der Waals surface area (Å²) in [5.41, 5.74) is 4.13. The van der Waals surface area contributed by atoms with E-state index in [0.29, 0.717) is 41.3 Å². The van der Waals surface area contributed by atoms with E-state index in [4.69, 9.17) is 4.74 Å². The van der Waals surface area contributed by atoms with Crippen LogP contribution in [-0.2, 0) is 14.1 Å². The van der Waals surface area contributed by atoms with Crippen LogP contribution in [0.25, 0.3) is 12.2 Å². The van der Waals surface area contributed by atoms with E-state index in [1.807, 2.05) is 48.6 Å². The van der Waals surface area contributed by atoms with E-state index in [-0.39, 0.29) is 17.7 Å². The van der Waals surface area contributed by atoms with Crippen LogP contribution in [0.3, 0.4) is 0 Å². The summed E-state index contributed by atoms with van der Waals surface area (Å²) in [4.78, 5) is 42.7. The highest BCUT2D eigenvalue weighted by Crippen LogP contribution is 2.19. The standard InChI is InChI=1S/C33H37N7O4/c1-34-30(35-2)15-16-36-32(42)28-18-26(21-39(28)3)38-33(43)29-19-25(20-40(29)4)37-31(41)24-13-11-22(12-14-24)9-10-23-7-6-8-27(17-23)44-5/h6-14,17-21H,15-16H2,1-5H3,(H,34,35)(H,36,42)(H,37,41)(H,38,43)/b10-9+. The van der Waals surface area contributed by atoms with Crippen LogP contribution < -0.4 is 26.0 Å². The molecule has 0 saturated heterocycles. The molecule has 3 amide bonds. The molecule has 0 aliphatic rings. The minimum atomic E-state index is -0.379. The normalized spacial score (nSPS) is 11.3. The lowest BCUT2D eigenvalue weighted by atomic mass is 10.1. The molecule has 44 heavy (non-hydrogen) atoms. The van der Waals surface area contributed by atoms with Crippen LogP contribution >= 0.6 is 0 Å². The van der Waals surface area contributed by atoms with Gasteiger partial charge in [0.15, 0.2) is 0 Å². The number of methoxy groups -OCH3 is 1. The van der Waals surface area contributed by atoms with Crippen molar-refractivity contribution in [2.24, 2.45) is 19.1 Å². The lowest BCUT2D eigenvalue weighted by Gasteiger charge is -2.07. The fraction of sp³-hybridized carbons (Fsp3) is 0.212. The molecule has 0 spiro atoms. The molecule has 0 unspecified atom stereocenters. The van der Waals surface area contributed by atoms with Crippen molar-refractivity contribution < 1.29 is 19.1 Å². The summed E-state index contributed by atoms with van der Waals surface area (Å²) in [7, 11) is 8.55. The molecule has 228 valence electrons. The van der Waals surface area contributed by atoms with Gasteiger partial charge in [0, 0.05) is 59.1 Å². The number of amidine groups is 1. The number of aryl methyl sites for hydroxylation is 2. The SMILES string of the molecule is C/N=C(\CCNC(=O)c1cc(NC(=O)c2cc(NC(=O)c3ccc(/C=C/c4cccc(OC)c4)cc3)cn2C)cn1C)NC. The maximum Gasteiger partial charge on any atom is 0.272 e. The van der Waals surface area contributed by atoms with Crippen LogP contribution in [-0.4, -0.2) is 60.4 Å². The van der Waals surface area contributed by atoms with Gasteiger partial charge >= 0.3 is 0 Å². The minimum absolute atomic E-state index is 0.260. The van der Waals surface area contributed by atoms with Crippen LogP contribution in [0.4, 0.5) is 11.4 Å². The first-order valence-corrected chi connectivity index (χ1v) is 14.0. The minimum Gasteiger partial charge on any atom is -0.497 e. The number of hydrogen-bond donors (Lipinski definition) is 4. The maximum absolute atomic E-state index is 13.1. The topological polar surface area (TPSA) is 131 Å². The van der Waals surface area contributed by atoms with E-state index in [1.54, 1.807) is 81.1 Å². The summed E-state index contributed by atoms with van der Waals surface area (Å²) in [5, 5.41) is 11.5. The Morgan fingerprint density at radius 1 is 0.818 bits per heavy atom. The Labute approximate surface area is 256 Å². The number of aliphatic imine (C=N–C) groups is 1. The van der Waals surface area contributed by atoms with Crippen molar-refractivity contribution in [2.75, 3.05) is 38.4 Å². The molecule has 0 aliphatic heterocycles. The fourth-order valence-electron chi connectivity index (χ4n) is 4.53. The summed E-state index contributed by atoms with van der Waals surface area (Å²) >= 11 is 0. The number of nitrogens with one attached hydrogen (secondary N) is 4. The second kappa shape index (κ2) is 14.5. The average molecular weight is 596 g/mol. The molecule has 0 aliphatic carbocycles. The van der Waals surface area contributed by atoms with Crippen molar-refractivity contribution in [3.05, 3.63) is 101 Å². The van der Waals surface area contributed by atoms with Crippen molar-refractivity contribution in [3.8, 4) is 5.75 Å². The molecule has 4 aromatic rings. The van der Waals surface area contributed by atoms with Gasteiger partial charge in [0.1, 0.15) is 17.1 Å². The highest BCUT2D eigenvalue weighted by molar-refractivity contribution is 6.07. The third-order valence-corrected chi connectivity index (χ3v) is 6.93. The monoisotopic (exact) mass is 595 g/mol. The molecular weight excluding hydrogens is 558 g/mol. The third kappa shape index (κ3) is 8.03. The zero-order valence-electron chi connectivity index (χ0n) is 25.5. The molecule has 0 radical (unpaired) electrons. The number of rotatable bonds is 11. The Morgan fingerprint density at radius 2 is 1.43 bits per heavy atom. The second-order valence-electron chi connectivity index (χ2n) is 10.0. The molecule has 0 bridgehead atoms. The Kier molecular flexibility index (Phi) is 10.4. The average Bonchev–Trinajstić information content (AvgIpc) is 3.59. The molecule has 11 nitrogen and oxygen atoms in total. The number of benzene rings is 2. The van der Waals surface area contributed by atoms with Crippen LogP contribution in [0, 0.1) is 0 Å². The van der Waals surface area contributed by atoms with Crippen molar-refractivity contribution in [1.82, 2.24) is 19.8 Å². The number of nitrogens with zero attached hydrogens (tertiary/aromatic N) is 3. The van der Waals surface area contributed by atoms with Gasteiger partial charge in [-0.1, -0.05) is 36.4 Å². The predicted molar refractivity (Wildman–Crippen MR) is 174 cm³/mol. The van der Waals surface area contributed by atoms with Crippen molar-refractivity contribution >= 4 is 47.1 Å². The Bertz CT molecular complexity index is 1700. The van der Waals surface area contributed by atoms with Gasteiger partial charge in [0.05, 0.1) is 24.3 Å². The maximum atomic E-state index is 13.1. The molecule has 0 saturated carbocycles. The van der Waals surface area contributed by atoms with Gasteiger partial charge in [-0.15, -0.1) is 0 Å². The first-order chi connectivity index (χ1) is 21.2. The number of anilines is 2. The first-order valence-electron chi connectivity index (χ1n) is 14.0. The largest absolute Gasteiger partial charge is 0.497 e. The fourth-order valence-corrected chi connectivity index (χ4v) is 4.53. The number of carbonyl (C=O) groups is 3. The van der Waals surface area contributed by atoms with Crippen molar-refractivity contribution in [1.29, 1.82) is 0 Å². The summed E-state index contributed by atoms with van der Waals surface area (Å²) in [6.45, 7) is 0.419. The van der Waals surface area contributed by atoms with E-state index in [0.717, 1.165) is 22.7 Å². The lowest BCUT2D eigenvalue weighted by molar-refractivity contribution is 0.0945. The smallest absolute Gasteiger partial charge is 0.272 e. The molecular formula is C33H37N7O4. The number of carbonyl (C=O) groups excluding carboxylic acids is 3. The van der Waals surface area contributed by atoms with Crippen LogP contribution in [0.2, 0.25) is 0 Å². The highest BCUT2D eigenvalue weighted by atomic mass is 16.5. The number of hydrogen-bond acceptors (Lipinski definition) is 5. The van der Waals surface area contributed by atoms with Gasteiger partial charge in [0.25, 0.3) is 17.7 Å². The number of aromatic nitrogens is 2. The predicted octanol–water partition coefficient (Wildman–Crippen LogP) is 4.41. The zero-order valence-corrected chi connectivity index (χ0v) is 25.5. The van der Waals surface area contributed by atoms with Crippen LogP contribution in [0.5, 0.6) is 5.75 Å².